The van der Waals surface area contributed by atoms with Gasteiger partial charge in [-0.15, -0.1) is 0 Å². The number of rotatable bonds is 5. The van der Waals surface area contributed by atoms with Gasteiger partial charge in [0.2, 0.25) is 0 Å². The van der Waals surface area contributed by atoms with Gasteiger partial charge in [-0.05, 0) is 55.9 Å². The number of carbonyl (C=O) groups excluding carboxylic acids is 1. The molecule has 0 unspecified atom stereocenters. The molecule has 1 fully saturated rings. The van der Waals surface area contributed by atoms with Crippen molar-refractivity contribution in [2.45, 2.75) is 31.7 Å². The second-order valence-electron chi connectivity index (χ2n) is 7.56. The zero-order valence-corrected chi connectivity index (χ0v) is 16.0. The van der Waals surface area contributed by atoms with E-state index in [0.29, 0.717) is 12.3 Å². The van der Waals surface area contributed by atoms with Crippen molar-refractivity contribution in [3.05, 3.63) is 53.7 Å². The lowest BCUT2D eigenvalue weighted by Gasteiger charge is -2.28. The summed E-state index contributed by atoms with van der Waals surface area (Å²) in [4.78, 5) is 16.6. The molecule has 0 atom stereocenters. The molecule has 0 radical (unpaired) electrons. The predicted molar refractivity (Wildman–Crippen MR) is 104 cm³/mol. The first-order valence-electron chi connectivity index (χ1n) is 9.71. The number of nitrogens with one attached hydrogen (secondary N) is 1. The Morgan fingerprint density at radius 1 is 1.20 bits per heavy atom. The number of fused-ring (bicyclic) bond motifs is 1. The van der Waals surface area contributed by atoms with E-state index in [1.165, 1.54) is 0 Å². The highest BCUT2D eigenvalue weighted by Gasteiger charge is 2.24. The molecule has 3 N–H and O–H groups in total. The van der Waals surface area contributed by atoms with Gasteiger partial charge in [0, 0.05) is 18.3 Å². The smallest absolute Gasteiger partial charge is 0.251 e. The van der Waals surface area contributed by atoms with Crippen molar-refractivity contribution in [2.24, 2.45) is 5.92 Å². The van der Waals surface area contributed by atoms with Gasteiger partial charge in [0.25, 0.3) is 5.91 Å². The summed E-state index contributed by atoms with van der Waals surface area (Å²) >= 11 is 0. The normalized spacial score (nSPS) is 19.0. The number of aromatic hydroxyl groups is 1. The van der Waals surface area contributed by atoms with Crippen LogP contribution >= 0.6 is 0 Å². The number of benzene rings is 2. The average Bonchev–Trinajstić information content (AvgIpc) is 3.20. The number of phenols is 1. The summed E-state index contributed by atoms with van der Waals surface area (Å²) in [6.45, 7) is 0.402. The number of amides is 1. The van der Waals surface area contributed by atoms with Gasteiger partial charge in [0.05, 0.1) is 16.9 Å². The fraction of sp³-hybridized carbons (Fsp3) is 0.333. The minimum absolute atomic E-state index is 0.165. The highest BCUT2D eigenvalue weighted by atomic mass is 19.1. The number of hydrogen-bond donors (Lipinski definition) is 3. The summed E-state index contributed by atoms with van der Waals surface area (Å²) in [5, 5.41) is 26.2. The van der Waals surface area contributed by atoms with Crippen molar-refractivity contribution >= 4 is 16.8 Å². The third kappa shape index (κ3) is 3.93. The summed E-state index contributed by atoms with van der Waals surface area (Å²) in [7, 11) is 0. The molecule has 1 saturated carbocycles. The molecule has 9 heteroatoms. The molecular formula is C21H21F2N3O4. The van der Waals surface area contributed by atoms with E-state index >= 15 is 0 Å². The van der Waals surface area contributed by atoms with E-state index < -0.39 is 23.3 Å². The number of aromatic nitrogens is 2. The standard InChI is InChI=1S/C21H21F2N3O4/c22-16-8-13(9-17(23)20(16)27)21(28)24-10-12-4-6-14(7-5-12)26-11-15-18(25-26)2-1-3-19(15)30-29/h1-3,8-9,11-12,14,27,29H,4-7,10H2,(H,24,28). The molecule has 1 aromatic heterocycles. The quantitative estimate of drug-likeness (QED) is 0.430. The first-order valence-corrected chi connectivity index (χ1v) is 9.71. The lowest BCUT2D eigenvalue weighted by molar-refractivity contribution is -0.136. The maximum atomic E-state index is 13.4. The van der Waals surface area contributed by atoms with Gasteiger partial charge in [-0.2, -0.15) is 5.10 Å². The monoisotopic (exact) mass is 417 g/mol. The van der Waals surface area contributed by atoms with Crippen molar-refractivity contribution in [2.75, 3.05) is 6.54 Å². The van der Waals surface area contributed by atoms with Gasteiger partial charge in [-0.25, -0.2) is 14.0 Å². The molecule has 0 spiro atoms. The molecule has 1 heterocycles. The zero-order chi connectivity index (χ0) is 21.3. The Morgan fingerprint density at radius 3 is 2.57 bits per heavy atom. The Balaban J connectivity index is 1.33. The first-order chi connectivity index (χ1) is 14.5. The van der Waals surface area contributed by atoms with E-state index in [2.05, 4.69) is 15.3 Å². The summed E-state index contributed by atoms with van der Waals surface area (Å²) in [5.74, 6) is -3.39. The van der Waals surface area contributed by atoms with Crippen LogP contribution in [0.5, 0.6) is 11.5 Å². The van der Waals surface area contributed by atoms with Crippen molar-refractivity contribution < 1.29 is 28.8 Å². The summed E-state index contributed by atoms with van der Waals surface area (Å²) in [6.07, 6.45) is 5.33. The van der Waals surface area contributed by atoms with Gasteiger partial charge < -0.3 is 15.3 Å². The van der Waals surface area contributed by atoms with E-state index in [9.17, 15) is 13.6 Å². The maximum Gasteiger partial charge on any atom is 0.251 e. The highest BCUT2D eigenvalue weighted by molar-refractivity contribution is 5.94. The van der Waals surface area contributed by atoms with Crippen LogP contribution in [0.2, 0.25) is 0 Å². The second-order valence-corrected chi connectivity index (χ2v) is 7.56. The van der Waals surface area contributed by atoms with Gasteiger partial charge >= 0.3 is 0 Å². The molecular weight excluding hydrogens is 396 g/mol. The predicted octanol–water partition coefficient (Wildman–Crippen LogP) is 4.03. The van der Waals surface area contributed by atoms with Crippen molar-refractivity contribution in [1.29, 1.82) is 0 Å². The van der Waals surface area contributed by atoms with Crippen LogP contribution in [0.4, 0.5) is 8.78 Å². The van der Waals surface area contributed by atoms with E-state index in [1.54, 1.807) is 12.1 Å². The van der Waals surface area contributed by atoms with E-state index in [1.807, 2.05) is 16.9 Å². The SMILES string of the molecule is O=C(NCC1CCC(n2cc3c(OO)cccc3n2)CC1)c1cc(F)c(O)c(F)c1. The van der Waals surface area contributed by atoms with Crippen LogP contribution in [0.15, 0.2) is 36.5 Å². The fourth-order valence-corrected chi connectivity index (χ4v) is 3.95. The molecule has 1 amide bonds. The fourth-order valence-electron chi connectivity index (χ4n) is 3.95. The molecule has 0 aliphatic heterocycles. The molecule has 1 aliphatic rings. The molecule has 2 aromatic carbocycles. The molecule has 0 saturated heterocycles. The number of carbonyl (C=O) groups is 1. The zero-order valence-electron chi connectivity index (χ0n) is 16.0. The lowest BCUT2D eigenvalue weighted by atomic mass is 9.86. The maximum absolute atomic E-state index is 13.4. The Morgan fingerprint density at radius 2 is 1.90 bits per heavy atom. The van der Waals surface area contributed by atoms with Gasteiger partial charge in [0.1, 0.15) is 0 Å². The van der Waals surface area contributed by atoms with E-state index in [4.69, 9.17) is 10.4 Å². The van der Waals surface area contributed by atoms with Crippen LogP contribution in [0, 0.1) is 17.6 Å². The average molecular weight is 417 g/mol. The molecule has 30 heavy (non-hydrogen) atoms. The topological polar surface area (TPSA) is 96.6 Å². The van der Waals surface area contributed by atoms with Gasteiger partial charge in [-0.1, -0.05) is 6.07 Å². The largest absolute Gasteiger partial charge is 0.503 e. The first kappa shape index (κ1) is 20.1. The Bertz CT molecular complexity index is 1050. The molecule has 3 aromatic rings. The van der Waals surface area contributed by atoms with Gasteiger partial charge in [0.15, 0.2) is 23.1 Å². The Labute approximate surface area is 170 Å². The van der Waals surface area contributed by atoms with E-state index in [0.717, 1.165) is 48.7 Å². The van der Waals surface area contributed by atoms with Crippen LogP contribution in [0.25, 0.3) is 10.9 Å². The van der Waals surface area contributed by atoms with Crippen LogP contribution in [0.3, 0.4) is 0 Å². The summed E-state index contributed by atoms with van der Waals surface area (Å²) in [5.41, 5.74) is 0.575. The molecule has 7 nitrogen and oxygen atoms in total. The van der Waals surface area contributed by atoms with Crippen LogP contribution in [-0.2, 0) is 0 Å². The Kier molecular flexibility index (Phi) is 5.54. The summed E-state index contributed by atoms with van der Waals surface area (Å²) < 4.78 is 28.7. The minimum atomic E-state index is -1.16. The van der Waals surface area contributed by atoms with Crippen molar-refractivity contribution in [3.8, 4) is 11.5 Å². The van der Waals surface area contributed by atoms with Crippen LogP contribution in [-0.4, -0.2) is 32.6 Å². The summed E-state index contributed by atoms with van der Waals surface area (Å²) in [6, 6.07) is 7.12. The van der Waals surface area contributed by atoms with Crippen molar-refractivity contribution in [3.63, 3.8) is 0 Å². The van der Waals surface area contributed by atoms with Crippen LogP contribution in [0.1, 0.15) is 42.1 Å². The van der Waals surface area contributed by atoms with Gasteiger partial charge in [-0.3, -0.25) is 9.48 Å². The minimum Gasteiger partial charge on any atom is -0.503 e. The van der Waals surface area contributed by atoms with Crippen LogP contribution < -0.4 is 10.2 Å². The molecule has 0 bridgehead atoms. The third-order valence-electron chi connectivity index (χ3n) is 5.65. The second kappa shape index (κ2) is 8.27. The number of halogens is 2. The Hall–Kier alpha value is -3.20. The van der Waals surface area contributed by atoms with Crippen molar-refractivity contribution in [1.82, 2.24) is 15.1 Å². The highest BCUT2D eigenvalue weighted by Crippen LogP contribution is 2.34. The third-order valence-corrected chi connectivity index (χ3v) is 5.65. The number of nitrogens with zero attached hydrogens (tertiary/aromatic N) is 2. The molecule has 158 valence electrons. The number of hydrogen-bond acceptors (Lipinski definition) is 5. The van der Waals surface area contributed by atoms with E-state index in [-0.39, 0.29) is 17.5 Å². The lowest BCUT2D eigenvalue weighted by Crippen LogP contribution is -2.31. The number of phenolic OH excluding ortho intramolecular Hbond substituents is 1. The molecule has 4 rings (SSSR count). The molecule has 1 aliphatic carbocycles.